The Bertz CT molecular complexity index is 246. The van der Waals surface area contributed by atoms with Crippen LogP contribution in [0.2, 0.25) is 0 Å². The minimum Gasteiger partial charge on any atom is -0.369 e. The normalized spacial score (nSPS) is 10.5. The predicted molar refractivity (Wildman–Crippen MR) is 59.0 cm³/mol. The molecule has 0 aliphatic carbocycles. The quantitative estimate of drug-likeness (QED) is 0.875. The zero-order valence-corrected chi connectivity index (χ0v) is 9.50. The van der Waals surface area contributed by atoms with E-state index in [4.69, 9.17) is 0 Å². The first-order chi connectivity index (χ1) is 6.18. The van der Waals surface area contributed by atoms with Gasteiger partial charge in [-0.15, -0.1) is 0 Å². The van der Waals surface area contributed by atoms with E-state index in [2.05, 4.69) is 45.2 Å². The first kappa shape index (κ1) is 10.5. The number of halogens is 1. The number of aromatic nitrogens is 1. The largest absolute Gasteiger partial charge is 0.369 e. The molecular formula is C9H14BrN3. The van der Waals surface area contributed by atoms with E-state index in [0.29, 0.717) is 0 Å². The van der Waals surface area contributed by atoms with E-state index in [1.807, 2.05) is 12.1 Å². The van der Waals surface area contributed by atoms with Crippen LogP contribution in [0.15, 0.2) is 22.8 Å². The summed E-state index contributed by atoms with van der Waals surface area (Å²) < 4.78 is 1.01. The van der Waals surface area contributed by atoms with E-state index in [0.717, 1.165) is 23.4 Å². The summed E-state index contributed by atoms with van der Waals surface area (Å²) in [6.45, 7) is 1.93. The summed E-state index contributed by atoms with van der Waals surface area (Å²) in [4.78, 5) is 6.33. The molecule has 1 heterocycles. The van der Waals surface area contributed by atoms with Gasteiger partial charge in [0.25, 0.3) is 0 Å². The molecule has 0 aromatic carbocycles. The maximum absolute atomic E-state index is 4.20. The van der Waals surface area contributed by atoms with Gasteiger partial charge in [-0.2, -0.15) is 0 Å². The first-order valence-corrected chi connectivity index (χ1v) is 4.98. The van der Waals surface area contributed by atoms with E-state index in [9.17, 15) is 0 Å². The molecule has 1 rings (SSSR count). The summed E-state index contributed by atoms with van der Waals surface area (Å²) in [6, 6.07) is 3.94. The summed E-state index contributed by atoms with van der Waals surface area (Å²) in [7, 11) is 4.10. The minimum absolute atomic E-state index is 0.918. The zero-order valence-electron chi connectivity index (χ0n) is 7.92. The highest BCUT2D eigenvalue weighted by Crippen LogP contribution is 2.09. The molecule has 0 aliphatic rings. The van der Waals surface area contributed by atoms with Crippen molar-refractivity contribution in [2.24, 2.45) is 0 Å². The van der Waals surface area contributed by atoms with Crippen molar-refractivity contribution in [3.63, 3.8) is 0 Å². The Labute approximate surface area is 87.3 Å². The number of rotatable bonds is 4. The number of nitrogens with zero attached hydrogens (tertiary/aromatic N) is 2. The standard InChI is InChI=1S/C9H14BrN3/c1-13(2)6-5-11-9-4-3-8(10)7-12-9/h3-4,7H,5-6H2,1-2H3,(H,11,12). The molecule has 0 amide bonds. The van der Waals surface area contributed by atoms with Crippen LogP contribution in [-0.2, 0) is 0 Å². The van der Waals surface area contributed by atoms with Gasteiger partial charge in [0.2, 0.25) is 0 Å². The third-order valence-corrected chi connectivity index (χ3v) is 2.06. The van der Waals surface area contributed by atoms with Gasteiger partial charge in [-0.05, 0) is 42.2 Å². The maximum atomic E-state index is 4.20. The Morgan fingerprint density at radius 1 is 1.46 bits per heavy atom. The van der Waals surface area contributed by atoms with Crippen LogP contribution in [-0.4, -0.2) is 37.1 Å². The molecule has 1 N–H and O–H groups in total. The molecule has 0 saturated heterocycles. The Kier molecular flexibility index (Phi) is 4.18. The zero-order chi connectivity index (χ0) is 9.68. The molecule has 0 aliphatic heterocycles. The fourth-order valence-corrected chi connectivity index (χ4v) is 1.12. The fraction of sp³-hybridized carbons (Fsp3) is 0.444. The van der Waals surface area contributed by atoms with Crippen molar-refractivity contribution in [1.82, 2.24) is 9.88 Å². The average molecular weight is 244 g/mol. The lowest BCUT2D eigenvalue weighted by molar-refractivity contribution is 0.425. The van der Waals surface area contributed by atoms with Crippen LogP contribution in [0.4, 0.5) is 5.82 Å². The van der Waals surface area contributed by atoms with E-state index >= 15 is 0 Å². The third-order valence-electron chi connectivity index (χ3n) is 1.59. The number of nitrogens with one attached hydrogen (secondary N) is 1. The lowest BCUT2D eigenvalue weighted by Gasteiger charge is -2.10. The molecule has 1 aromatic heterocycles. The van der Waals surface area contributed by atoms with Crippen LogP contribution >= 0.6 is 15.9 Å². The van der Waals surface area contributed by atoms with Crippen molar-refractivity contribution in [2.75, 3.05) is 32.5 Å². The summed E-state index contributed by atoms with van der Waals surface area (Å²) in [6.07, 6.45) is 1.79. The molecule has 72 valence electrons. The van der Waals surface area contributed by atoms with Gasteiger partial charge in [-0.1, -0.05) is 0 Å². The van der Waals surface area contributed by atoms with Gasteiger partial charge in [-0.3, -0.25) is 0 Å². The number of likely N-dealkylation sites (N-methyl/N-ethyl adjacent to an activating group) is 1. The highest BCUT2D eigenvalue weighted by atomic mass is 79.9. The summed E-state index contributed by atoms with van der Waals surface area (Å²) >= 11 is 3.34. The Hall–Kier alpha value is -0.610. The molecule has 0 bridgehead atoms. The van der Waals surface area contributed by atoms with Crippen LogP contribution in [0.5, 0.6) is 0 Å². The smallest absolute Gasteiger partial charge is 0.126 e. The topological polar surface area (TPSA) is 28.2 Å². The summed E-state index contributed by atoms with van der Waals surface area (Å²) in [5, 5.41) is 3.23. The lowest BCUT2D eigenvalue weighted by Crippen LogP contribution is -2.21. The van der Waals surface area contributed by atoms with Crippen LogP contribution in [0.3, 0.4) is 0 Å². The van der Waals surface area contributed by atoms with Gasteiger partial charge < -0.3 is 10.2 Å². The van der Waals surface area contributed by atoms with Crippen molar-refractivity contribution in [2.45, 2.75) is 0 Å². The molecule has 0 fully saturated rings. The molecule has 4 heteroatoms. The fourth-order valence-electron chi connectivity index (χ4n) is 0.888. The van der Waals surface area contributed by atoms with Crippen molar-refractivity contribution in [3.8, 4) is 0 Å². The third kappa shape index (κ3) is 4.24. The number of hydrogen-bond donors (Lipinski definition) is 1. The Balaban J connectivity index is 2.33. The van der Waals surface area contributed by atoms with Crippen molar-refractivity contribution in [3.05, 3.63) is 22.8 Å². The van der Waals surface area contributed by atoms with Crippen LogP contribution < -0.4 is 5.32 Å². The van der Waals surface area contributed by atoms with Crippen molar-refractivity contribution >= 4 is 21.7 Å². The molecule has 0 spiro atoms. The van der Waals surface area contributed by atoms with Gasteiger partial charge in [-0.25, -0.2) is 4.98 Å². The van der Waals surface area contributed by atoms with E-state index in [1.165, 1.54) is 0 Å². The second kappa shape index (κ2) is 5.19. The van der Waals surface area contributed by atoms with E-state index in [-0.39, 0.29) is 0 Å². The molecule has 0 radical (unpaired) electrons. The Morgan fingerprint density at radius 3 is 2.77 bits per heavy atom. The predicted octanol–water partition coefficient (Wildman–Crippen LogP) is 1.82. The van der Waals surface area contributed by atoms with E-state index < -0.39 is 0 Å². The molecule has 0 atom stereocenters. The molecular weight excluding hydrogens is 230 g/mol. The number of pyridine rings is 1. The van der Waals surface area contributed by atoms with Crippen LogP contribution in [0.25, 0.3) is 0 Å². The van der Waals surface area contributed by atoms with Gasteiger partial charge >= 0.3 is 0 Å². The average Bonchev–Trinajstić information content (AvgIpc) is 2.08. The Morgan fingerprint density at radius 2 is 2.23 bits per heavy atom. The molecule has 0 unspecified atom stereocenters. The van der Waals surface area contributed by atoms with Gasteiger partial charge in [0.1, 0.15) is 5.82 Å². The number of hydrogen-bond acceptors (Lipinski definition) is 3. The van der Waals surface area contributed by atoms with Gasteiger partial charge in [0, 0.05) is 23.8 Å². The van der Waals surface area contributed by atoms with Crippen molar-refractivity contribution < 1.29 is 0 Å². The summed E-state index contributed by atoms with van der Waals surface area (Å²) in [5.41, 5.74) is 0. The second-order valence-electron chi connectivity index (χ2n) is 3.09. The maximum Gasteiger partial charge on any atom is 0.126 e. The molecule has 3 nitrogen and oxygen atoms in total. The van der Waals surface area contributed by atoms with Gasteiger partial charge in [0.05, 0.1) is 0 Å². The highest BCUT2D eigenvalue weighted by molar-refractivity contribution is 9.10. The second-order valence-corrected chi connectivity index (χ2v) is 4.01. The molecule has 0 saturated carbocycles. The van der Waals surface area contributed by atoms with Crippen LogP contribution in [0, 0.1) is 0 Å². The SMILES string of the molecule is CN(C)CCNc1ccc(Br)cn1. The van der Waals surface area contributed by atoms with Gasteiger partial charge in [0.15, 0.2) is 0 Å². The summed E-state index contributed by atoms with van der Waals surface area (Å²) in [5.74, 6) is 0.921. The van der Waals surface area contributed by atoms with Crippen LogP contribution in [0.1, 0.15) is 0 Å². The minimum atomic E-state index is 0.918. The highest BCUT2D eigenvalue weighted by Gasteiger charge is 1.93. The monoisotopic (exact) mass is 243 g/mol. The van der Waals surface area contributed by atoms with Crippen molar-refractivity contribution in [1.29, 1.82) is 0 Å². The lowest BCUT2D eigenvalue weighted by atomic mass is 10.4. The molecule has 1 aromatic rings. The number of anilines is 1. The molecule has 13 heavy (non-hydrogen) atoms. The first-order valence-electron chi connectivity index (χ1n) is 4.18. The van der Waals surface area contributed by atoms with E-state index in [1.54, 1.807) is 6.20 Å².